The van der Waals surface area contributed by atoms with Gasteiger partial charge in [0.25, 0.3) is 0 Å². The highest BCUT2D eigenvalue weighted by atomic mass is 32.2. The maximum absolute atomic E-state index is 11.8. The van der Waals surface area contributed by atoms with Crippen molar-refractivity contribution in [3.8, 4) is 0 Å². The number of nitrogens with zero attached hydrogens (tertiary/aromatic N) is 2. The summed E-state index contributed by atoms with van der Waals surface area (Å²) in [5.74, 6) is 0.515. The molecule has 8 heteroatoms. The van der Waals surface area contributed by atoms with Gasteiger partial charge in [0.05, 0.1) is 0 Å². The number of carbonyl (C=O) groups excluding carboxylic acids is 1. The van der Waals surface area contributed by atoms with Gasteiger partial charge in [0, 0.05) is 24.7 Å². The Hall–Kier alpha value is -1.41. The Labute approximate surface area is 112 Å². The molecule has 2 unspecified atom stereocenters. The molecule has 0 radical (unpaired) electrons. The molecule has 1 fully saturated rings. The molecule has 2 rings (SSSR count). The van der Waals surface area contributed by atoms with Crippen LogP contribution in [0.15, 0.2) is 6.07 Å². The summed E-state index contributed by atoms with van der Waals surface area (Å²) in [4.78, 5) is 13.2. The minimum atomic E-state index is -3.69. The number of nitrogens with one attached hydrogen (secondary N) is 1. The molecule has 2 heterocycles. The molecule has 1 aromatic rings. The first kappa shape index (κ1) is 14.0. The molecule has 0 bridgehead atoms. The van der Waals surface area contributed by atoms with Crippen LogP contribution in [0.5, 0.6) is 0 Å². The lowest BCUT2D eigenvalue weighted by Crippen LogP contribution is -2.32. The number of amides is 1. The van der Waals surface area contributed by atoms with Crippen molar-refractivity contribution in [3.05, 3.63) is 11.8 Å². The summed E-state index contributed by atoms with van der Waals surface area (Å²) in [7, 11) is -3.69. The van der Waals surface area contributed by atoms with Gasteiger partial charge in [0.2, 0.25) is 15.9 Å². The minimum absolute atomic E-state index is 0.0719. The number of anilines is 1. The molecule has 106 valence electrons. The first-order chi connectivity index (χ1) is 8.82. The maximum Gasteiger partial charge on any atom is 0.229 e. The van der Waals surface area contributed by atoms with Gasteiger partial charge in [-0.3, -0.25) is 14.8 Å². The predicted molar refractivity (Wildman–Crippen MR) is 71.2 cm³/mol. The Morgan fingerprint density at radius 3 is 2.84 bits per heavy atom. The molecule has 0 aromatic carbocycles. The molecule has 1 aliphatic rings. The lowest BCUT2D eigenvalue weighted by molar-refractivity contribution is -0.117. The second-order valence-electron chi connectivity index (χ2n) is 4.91. The van der Waals surface area contributed by atoms with Crippen molar-refractivity contribution >= 4 is 21.7 Å². The van der Waals surface area contributed by atoms with E-state index >= 15 is 0 Å². The smallest absolute Gasteiger partial charge is 0.229 e. The molecule has 2 atom stereocenters. The number of hydrogen-bond acceptors (Lipinski definition) is 4. The summed E-state index contributed by atoms with van der Waals surface area (Å²) in [5, 5.41) is 11.2. The summed E-state index contributed by atoms with van der Waals surface area (Å²) in [6.07, 6.45) is 0.875. The van der Waals surface area contributed by atoms with Crippen LogP contribution in [0.4, 0.5) is 5.82 Å². The number of aromatic nitrogens is 2. The molecule has 0 saturated carbocycles. The van der Waals surface area contributed by atoms with E-state index in [1.54, 1.807) is 6.07 Å². The van der Waals surface area contributed by atoms with Crippen LogP contribution in [0, 0.1) is 0 Å². The predicted octanol–water partition coefficient (Wildman–Crippen LogP) is 0.317. The van der Waals surface area contributed by atoms with Crippen molar-refractivity contribution in [1.29, 1.82) is 0 Å². The summed E-state index contributed by atoms with van der Waals surface area (Å²) in [6, 6.07) is 1.79. The van der Waals surface area contributed by atoms with Gasteiger partial charge in [-0.25, -0.2) is 13.6 Å². The van der Waals surface area contributed by atoms with Crippen LogP contribution in [-0.2, 0) is 14.8 Å². The van der Waals surface area contributed by atoms with E-state index in [1.807, 2.05) is 0 Å². The second kappa shape index (κ2) is 4.93. The van der Waals surface area contributed by atoms with Crippen LogP contribution in [0.25, 0.3) is 0 Å². The van der Waals surface area contributed by atoms with E-state index in [0.29, 0.717) is 11.7 Å². The molecule has 19 heavy (non-hydrogen) atoms. The van der Waals surface area contributed by atoms with Crippen LogP contribution < -0.4 is 10.0 Å². The van der Waals surface area contributed by atoms with E-state index < -0.39 is 15.3 Å². The monoisotopic (exact) mass is 286 g/mol. The van der Waals surface area contributed by atoms with E-state index in [2.05, 4.69) is 24.0 Å². The quantitative estimate of drug-likeness (QED) is 0.830. The van der Waals surface area contributed by atoms with E-state index in [9.17, 15) is 13.2 Å². The van der Waals surface area contributed by atoms with Gasteiger partial charge in [-0.05, 0) is 12.3 Å². The van der Waals surface area contributed by atoms with Gasteiger partial charge in [0.15, 0.2) is 5.82 Å². The van der Waals surface area contributed by atoms with Crippen LogP contribution >= 0.6 is 0 Å². The Morgan fingerprint density at radius 2 is 2.32 bits per heavy atom. The minimum Gasteiger partial charge on any atom is -0.294 e. The fourth-order valence-electron chi connectivity index (χ4n) is 2.05. The van der Waals surface area contributed by atoms with E-state index in [0.717, 1.165) is 12.1 Å². The average molecular weight is 286 g/mol. The number of H-pyrrole nitrogens is 1. The fourth-order valence-corrected chi connectivity index (χ4v) is 2.78. The number of sulfonamides is 1. The van der Waals surface area contributed by atoms with Crippen molar-refractivity contribution < 1.29 is 13.2 Å². The Morgan fingerprint density at radius 1 is 1.63 bits per heavy atom. The highest BCUT2D eigenvalue weighted by Gasteiger charge is 2.38. The van der Waals surface area contributed by atoms with Gasteiger partial charge < -0.3 is 0 Å². The Bertz CT molecular complexity index is 581. The molecule has 1 aliphatic heterocycles. The summed E-state index contributed by atoms with van der Waals surface area (Å²) in [6.45, 7) is 4.18. The van der Waals surface area contributed by atoms with E-state index in [1.165, 1.54) is 4.90 Å². The Kier molecular flexibility index (Phi) is 3.64. The highest BCUT2D eigenvalue weighted by molar-refractivity contribution is 7.89. The molecule has 0 aliphatic carbocycles. The van der Waals surface area contributed by atoms with Gasteiger partial charge in [-0.15, -0.1) is 0 Å². The second-order valence-corrected chi connectivity index (χ2v) is 6.75. The molecule has 0 spiro atoms. The van der Waals surface area contributed by atoms with Crippen molar-refractivity contribution in [2.24, 2.45) is 5.14 Å². The number of primary sulfonamides is 1. The lowest BCUT2D eigenvalue weighted by Gasteiger charge is -2.12. The van der Waals surface area contributed by atoms with Crippen LogP contribution in [0.2, 0.25) is 0 Å². The molecule has 1 amide bonds. The molecule has 7 nitrogen and oxygen atoms in total. The number of hydrogen-bond donors (Lipinski definition) is 2. The molecular formula is C11H18N4O3S. The third-order valence-electron chi connectivity index (χ3n) is 3.56. The molecule has 3 N–H and O–H groups in total. The van der Waals surface area contributed by atoms with E-state index in [4.69, 9.17) is 5.14 Å². The fraction of sp³-hybridized carbons (Fsp3) is 0.636. The van der Waals surface area contributed by atoms with Gasteiger partial charge in [-0.2, -0.15) is 5.10 Å². The van der Waals surface area contributed by atoms with Crippen molar-refractivity contribution in [1.82, 2.24) is 10.2 Å². The zero-order valence-electron chi connectivity index (χ0n) is 11.0. The van der Waals surface area contributed by atoms with Crippen LogP contribution in [0.3, 0.4) is 0 Å². The zero-order valence-corrected chi connectivity index (χ0v) is 11.8. The van der Waals surface area contributed by atoms with Crippen LogP contribution in [0.1, 0.15) is 38.3 Å². The summed E-state index contributed by atoms with van der Waals surface area (Å²) >= 11 is 0. The SMILES string of the molecule is CCC(C)c1cc(N2CC(S(N)(=O)=O)CC2=O)n[nH]1. The van der Waals surface area contributed by atoms with Gasteiger partial charge >= 0.3 is 0 Å². The third kappa shape index (κ3) is 2.79. The molecule has 1 aromatic heterocycles. The van der Waals surface area contributed by atoms with Crippen molar-refractivity contribution in [2.75, 3.05) is 11.4 Å². The standard InChI is InChI=1S/C11H18N4O3S/c1-3-7(2)9-5-10(14-13-9)15-6-8(4-11(15)16)19(12,17)18/h5,7-8H,3-4,6H2,1-2H3,(H,13,14)(H2,12,17,18). The highest BCUT2D eigenvalue weighted by Crippen LogP contribution is 2.25. The summed E-state index contributed by atoms with van der Waals surface area (Å²) in [5.41, 5.74) is 0.935. The third-order valence-corrected chi connectivity index (χ3v) is 4.80. The molecule has 1 saturated heterocycles. The van der Waals surface area contributed by atoms with Gasteiger partial charge in [0.1, 0.15) is 5.25 Å². The largest absolute Gasteiger partial charge is 0.294 e. The van der Waals surface area contributed by atoms with Crippen molar-refractivity contribution in [3.63, 3.8) is 0 Å². The summed E-state index contributed by atoms with van der Waals surface area (Å²) < 4.78 is 22.6. The van der Waals surface area contributed by atoms with Gasteiger partial charge in [-0.1, -0.05) is 13.8 Å². The van der Waals surface area contributed by atoms with E-state index in [-0.39, 0.29) is 18.9 Å². The number of rotatable bonds is 4. The topological polar surface area (TPSA) is 109 Å². The van der Waals surface area contributed by atoms with Crippen LogP contribution in [-0.4, -0.2) is 36.3 Å². The van der Waals surface area contributed by atoms with Crippen molar-refractivity contribution in [2.45, 2.75) is 37.9 Å². The normalized spacial score (nSPS) is 21.9. The first-order valence-corrected chi connectivity index (χ1v) is 7.81. The first-order valence-electron chi connectivity index (χ1n) is 6.20. The number of carbonyl (C=O) groups is 1. The Balaban J connectivity index is 2.19. The number of nitrogens with two attached hydrogens (primary N) is 1. The molecular weight excluding hydrogens is 268 g/mol. The maximum atomic E-state index is 11.8. The zero-order chi connectivity index (χ0) is 14.2. The average Bonchev–Trinajstić information content (AvgIpc) is 2.93. The lowest BCUT2D eigenvalue weighted by atomic mass is 10.1. The number of aromatic amines is 1.